The quantitative estimate of drug-likeness (QED) is 0.780. The highest BCUT2D eigenvalue weighted by atomic mass is 79.9. The van der Waals surface area contributed by atoms with Crippen LogP contribution < -0.4 is 0 Å². The molecule has 96 valence electrons. The molecule has 1 atom stereocenters. The van der Waals surface area contributed by atoms with E-state index in [1.165, 1.54) is 0 Å². The second-order valence-corrected chi connectivity index (χ2v) is 5.72. The van der Waals surface area contributed by atoms with Gasteiger partial charge in [0.1, 0.15) is 0 Å². The Morgan fingerprint density at radius 2 is 2.22 bits per heavy atom. The van der Waals surface area contributed by atoms with Gasteiger partial charge in [0.25, 0.3) is 0 Å². The minimum absolute atomic E-state index is 0.104. The van der Waals surface area contributed by atoms with Crippen LogP contribution in [0.2, 0.25) is 0 Å². The molecule has 0 radical (unpaired) electrons. The van der Waals surface area contributed by atoms with Gasteiger partial charge >= 0.3 is 0 Å². The van der Waals surface area contributed by atoms with Gasteiger partial charge in [0.05, 0.1) is 0 Å². The van der Waals surface area contributed by atoms with E-state index in [0.717, 1.165) is 40.2 Å². The molecule has 1 unspecified atom stereocenters. The van der Waals surface area contributed by atoms with Crippen LogP contribution in [0.5, 0.6) is 0 Å². The highest BCUT2D eigenvalue weighted by molar-refractivity contribution is 9.10. The fourth-order valence-corrected chi connectivity index (χ4v) is 2.57. The number of rotatable bonds is 5. The molecule has 2 nitrogen and oxygen atoms in total. The first-order chi connectivity index (χ1) is 8.63. The van der Waals surface area contributed by atoms with Crippen molar-refractivity contribution in [2.24, 2.45) is 5.92 Å². The summed E-state index contributed by atoms with van der Waals surface area (Å²) in [6.45, 7) is 4.18. The standard InChI is InChI=1S/C15H18BrNO/c1-3-4-5-10(2)15(18)13-9-17-14-8-11(16)6-7-12(13)14/h6-10,17H,3-5H2,1-2H3. The number of ketones is 1. The topological polar surface area (TPSA) is 32.9 Å². The molecule has 1 aromatic heterocycles. The molecule has 3 heteroatoms. The summed E-state index contributed by atoms with van der Waals surface area (Å²) >= 11 is 3.44. The third kappa shape index (κ3) is 2.66. The second kappa shape index (κ2) is 5.70. The van der Waals surface area contributed by atoms with Gasteiger partial charge in [0.15, 0.2) is 5.78 Å². The van der Waals surface area contributed by atoms with Crippen molar-refractivity contribution in [2.45, 2.75) is 33.1 Å². The van der Waals surface area contributed by atoms with Crippen molar-refractivity contribution >= 4 is 32.6 Å². The first kappa shape index (κ1) is 13.3. The number of fused-ring (bicyclic) bond motifs is 1. The lowest BCUT2D eigenvalue weighted by atomic mass is 9.94. The van der Waals surface area contributed by atoms with E-state index in [-0.39, 0.29) is 11.7 Å². The van der Waals surface area contributed by atoms with Crippen molar-refractivity contribution in [1.29, 1.82) is 0 Å². The van der Waals surface area contributed by atoms with E-state index in [1.54, 1.807) is 0 Å². The average Bonchev–Trinajstić information content (AvgIpc) is 2.77. The molecule has 1 heterocycles. The number of unbranched alkanes of at least 4 members (excludes halogenated alkanes) is 1. The van der Waals surface area contributed by atoms with E-state index >= 15 is 0 Å². The zero-order valence-corrected chi connectivity index (χ0v) is 12.4. The Morgan fingerprint density at radius 1 is 1.44 bits per heavy atom. The first-order valence-corrected chi connectivity index (χ1v) is 7.23. The monoisotopic (exact) mass is 307 g/mol. The molecule has 2 aromatic rings. The molecule has 2 rings (SSSR count). The van der Waals surface area contributed by atoms with Crippen LogP contribution >= 0.6 is 15.9 Å². The van der Waals surface area contributed by atoms with E-state index < -0.39 is 0 Å². The number of aromatic amines is 1. The number of carbonyl (C=O) groups is 1. The Balaban J connectivity index is 2.28. The van der Waals surface area contributed by atoms with Crippen molar-refractivity contribution in [3.8, 4) is 0 Å². The fourth-order valence-electron chi connectivity index (χ4n) is 2.21. The summed E-state index contributed by atoms with van der Waals surface area (Å²) in [5.41, 5.74) is 1.83. The summed E-state index contributed by atoms with van der Waals surface area (Å²) in [6, 6.07) is 5.97. The van der Waals surface area contributed by atoms with Crippen LogP contribution in [0.15, 0.2) is 28.9 Å². The normalized spacial score (nSPS) is 12.8. The fraction of sp³-hybridized carbons (Fsp3) is 0.400. The number of H-pyrrole nitrogens is 1. The summed E-state index contributed by atoms with van der Waals surface area (Å²) in [5, 5.41) is 1.02. The molecule has 0 spiro atoms. The zero-order chi connectivity index (χ0) is 13.1. The number of halogens is 1. The van der Waals surface area contributed by atoms with Crippen LogP contribution in [0.1, 0.15) is 43.5 Å². The molecule has 0 aliphatic carbocycles. The van der Waals surface area contributed by atoms with E-state index in [0.29, 0.717) is 0 Å². The molecule has 0 saturated heterocycles. The molecule has 0 fully saturated rings. The lowest BCUT2D eigenvalue weighted by Gasteiger charge is -2.08. The largest absolute Gasteiger partial charge is 0.360 e. The van der Waals surface area contributed by atoms with Crippen LogP contribution in [-0.2, 0) is 0 Å². The van der Waals surface area contributed by atoms with Gasteiger partial charge in [-0.1, -0.05) is 48.7 Å². The molecule has 1 N–H and O–H groups in total. The minimum Gasteiger partial charge on any atom is -0.360 e. The van der Waals surface area contributed by atoms with Crippen molar-refractivity contribution in [1.82, 2.24) is 4.98 Å². The lowest BCUT2D eigenvalue weighted by Crippen LogP contribution is -2.10. The molecule has 0 aliphatic heterocycles. The predicted octanol–water partition coefficient (Wildman–Crippen LogP) is 4.94. The van der Waals surface area contributed by atoms with Crippen LogP contribution in [0.25, 0.3) is 10.9 Å². The van der Waals surface area contributed by atoms with Gasteiger partial charge in [-0.15, -0.1) is 0 Å². The number of aromatic nitrogens is 1. The average molecular weight is 308 g/mol. The summed E-state index contributed by atoms with van der Waals surface area (Å²) in [5.74, 6) is 0.351. The third-order valence-corrected chi connectivity index (χ3v) is 3.84. The molecular weight excluding hydrogens is 290 g/mol. The highest BCUT2D eigenvalue weighted by Gasteiger charge is 2.18. The Kier molecular flexibility index (Phi) is 4.23. The first-order valence-electron chi connectivity index (χ1n) is 6.44. The van der Waals surface area contributed by atoms with Gasteiger partial charge in [-0.2, -0.15) is 0 Å². The maximum Gasteiger partial charge on any atom is 0.167 e. The number of hydrogen-bond acceptors (Lipinski definition) is 1. The molecule has 18 heavy (non-hydrogen) atoms. The number of benzene rings is 1. The Labute approximate surface area is 116 Å². The van der Waals surface area contributed by atoms with E-state index in [2.05, 4.69) is 27.8 Å². The zero-order valence-electron chi connectivity index (χ0n) is 10.8. The maximum absolute atomic E-state index is 12.4. The molecule has 0 aliphatic rings. The minimum atomic E-state index is 0.104. The van der Waals surface area contributed by atoms with Crippen molar-refractivity contribution in [3.05, 3.63) is 34.4 Å². The summed E-state index contributed by atoms with van der Waals surface area (Å²) in [4.78, 5) is 15.5. The van der Waals surface area contributed by atoms with E-state index in [9.17, 15) is 4.79 Å². The Bertz CT molecular complexity index is 559. The van der Waals surface area contributed by atoms with Gasteiger partial charge in [0.2, 0.25) is 0 Å². The second-order valence-electron chi connectivity index (χ2n) is 4.80. The number of Topliss-reactive ketones (excluding diaryl/α,β-unsaturated/α-hetero) is 1. The van der Waals surface area contributed by atoms with Crippen LogP contribution in [0, 0.1) is 5.92 Å². The van der Waals surface area contributed by atoms with Gasteiger partial charge in [-0.25, -0.2) is 0 Å². The van der Waals surface area contributed by atoms with Crippen LogP contribution in [0.3, 0.4) is 0 Å². The SMILES string of the molecule is CCCCC(C)C(=O)c1c[nH]c2cc(Br)ccc12. The predicted molar refractivity (Wildman–Crippen MR) is 79.0 cm³/mol. The molecule has 0 saturated carbocycles. The summed E-state index contributed by atoms with van der Waals surface area (Å²) < 4.78 is 1.02. The van der Waals surface area contributed by atoms with Gasteiger partial charge in [-0.3, -0.25) is 4.79 Å². The lowest BCUT2D eigenvalue weighted by molar-refractivity contribution is 0.0924. The van der Waals surface area contributed by atoms with E-state index in [4.69, 9.17) is 0 Å². The highest BCUT2D eigenvalue weighted by Crippen LogP contribution is 2.25. The summed E-state index contributed by atoms with van der Waals surface area (Å²) in [7, 11) is 0. The maximum atomic E-state index is 12.4. The van der Waals surface area contributed by atoms with Crippen molar-refractivity contribution in [3.63, 3.8) is 0 Å². The Hall–Kier alpha value is -1.09. The molecule has 1 aromatic carbocycles. The van der Waals surface area contributed by atoms with Crippen LogP contribution in [0.4, 0.5) is 0 Å². The molecule has 0 bridgehead atoms. The smallest absolute Gasteiger partial charge is 0.167 e. The van der Waals surface area contributed by atoms with E-state index in [1.807, 2.05) is 31.3 Å². The van der Waals surface area contributed by atoms with Gasteiger partial charge < -0.3 is 4.98 Å². The third-order valence-electron chi connectivity index (χ3n) is 3.35. The molecule has 0 amide bonds. The molecular formula is C15H18BrNO. The van der Waals surface area contributed by atoms with Crippen LogP contribution in [-0.4, -0.2) is 10.8 Å². The van der Waals surface area contributed by atoms with Crippen molar-refractivity contribution < 1.29 is 4.79 Å². The number of carbonyl (C=O) groups excluding carboxylic acids is 1. The Morgan fingerprint density at radius 3 is 2.94 bits per heavy atom. The van der Waals surface area contributed by atoms with Gasteiger partial charge in [-0.05, 0) is 18.6 Å². The number of nitrogens with one attached hydrogen (secondary N) is 1. The van der Waals surface area contributed by atoms with Crippen molar-refractivity contribution in [2.75, 3.05) is 0 Å². The van der Waals surface area contributed by atoms with Gasteiger partial charge in [0, 0.05) is 33.1 Å². The summed E-state index contributed by atoms with van der Waals surface area (Å²) in [6.07, 6.45) is 5.06. The number of hydrogen-bond donors (Lipinski definition) is 1.